The summed E-state index contributed by atoms with van der Waals surface area (Å²) in [6.07, 6.45) is 2.30. The van der Waals surface area contributed by atoms with E-state index < -0.39 is 23.6 Å². The molecule has 0 saturated carbocycles. The number of carboxylic acids is 1. The van der Waals surface area contributed by atoms with Crippen LogP contribution in [0.2, 0.25) is 5.02 Å². The molecule has 0 aliphatic rings. The molecule has 0 spiro atoms. The molecule has 1 heterocycles. The van der Waals surface area contributed by atoms with Gasteiger partial charge in [0.15, 0.2) is 5.69 Å². The van der Waals surface area contributed by atoms with E-state index in [1.807, 2.05) is 32.9 Å². The number of benzene rings is 2. The number of hydrogen-bond donors (Lipinski definition) is 4. The highest BCUT2D eigenvalue weighted by Gasteiger charge is 2.22. The van der Waals surface area contributed by atoms with Gasteiger partial charge in [0.1, 0.15) is 11.5 Å². The van der Waals surface area contributed by atoms with Crippen molar-refractivity contribution < 1.29 is 24.5 Å². The molecule has 1 aromatic heterocycles. The molecule has 10 heteroatoms. The minimum absolute atomic E-state index is 0.0409. The lowest BCUT2D eigenvalue weighted by atomic mass is 9.99. The van der Waals surface area contributed by atoms with Crippen molar-refractivity contribution in [2.75, 3.05) is 12.4 Å². The van der Waals surface area contributed by atoms with Gasteiger partial charge >= 0.3 is 12.0 Å². The number of amides is 2. The Balaban J connectivity index is 1.97. The number of nitrogens with zero attached hydrogens (tertiary/aromatic N) is 1. The SMILES string of the molecule is CCCc1cn(Cc2c(Cl)cccc2OC)c(=O)c(NC(=O)N[C@@H](CC(=O)O)c2ccc(C)c(C)c2)c1O. The van der Waals surface area contributed by atoms with Gasteiger partial charge in [0.05, 0.1) is 26.1 Å². The molecule has 3 aromatic rings. The number of rotatable bonds is 10. The van der Waals surface area contributed by atoms with Crippen LogP contribution in [0.1, 0.15) is 53.6 Å². The first kappa shape index (κ1) is 28.6. The maximum atomic E-state index is 13.4. The molecule has 202 valence electrons. The van der Waals surface area contributed by atoms with Gasteiger partial charge in [-0.15, -0.1) is 0 Å². The van der Waals surface area contributed by atoms with Gasteiger partial charge in [0.25, 0.3) is 5.56 Å². The highest BCUT2D eigenvalue weighted by atomic mass is 35.5. The summed E-state index contributed by atoms with van der Waals surface area (Å²) in [6, 6.07) is 8.86. The van der Waals surface area contributed by atoms with E-state index in [0.717, 1.165) is 11.1 Å². The van der Waals surface area contributed by atoms with Crippen LogP contribution in [0.15, 0.2) is 47.4 Å². The zero-order valence-corrected chi connectivity index (χ0v) is 22.6. The number of nitrogens with one attached hydrogen (secondary N) is 2. The first-order valence-corrected chi connectivity index (χ1v) is 12.6. The molecule has 0 aliphatic heterocycles. The number of aromatic hydroxyl groups is 1. The number of methoxy groups -OCH3 is 1. The number of carbonyl (C=O) groups excluding carboxylic acids is 1. The number of carboxylic acid groups (broad SMARTS) is 1. The van der Waals surface area contributed by atoms with Gasteiger partial charge in [-0.3, -0.25) is 9.59 Å². The number of aliphatic carboxylic acids is 1. The van der Waals surface area contributed by atoms with Crippen LogP contribution in [-0.4, -0.2) is 33.9 Å². The summed E-state index contributed by atoms with van der Waals surface area (Å²) in [4.78, 5) is 37.9. The topological polar surface area (TPSA) is 130 Å². The third-order valence-corrected chi connectivity index (χ3v) is 6.68. The molecule has 0 aliphatic carbocycles. The van der Waals surface area contributed by atoms with Crippen LogP contribution in [0, 0.1) is 13.8 Å². The summed E-state index contributed by atoms with van der Waals surface area (Å²) in [6.45, 7) is 5.79. The van der Waals surface area contributed by atoms with Crippen molar-refractivity contribution >= 4 is 29.3 Å². The van der Waals surface area contributed by atoms with E-state index in [1.54, 1.807) is 24.3 Å². The van der Waals surface area contributed by atoms with E-state index in [2.05, 4.69) is 10.6 Å². The van der Waals surface area contributed by atoms with Crippen molar-refractivity contribution in [2.24, 2.45) is 0 Å². The van der Waals surface area contributed by atoms with Crippen molar-refractivity contribution in [1.82, 2.24) is 9.88 Å². The quantitative estimate of drug-likeness (QED) is 0.280. The minimum atomic E-state index is -1.10. The van der Waals surface area contributed by atoms with Gasteiger partial charge in [-0.25, -0.2) is 4.79 Å². The Hall–Kier alpha value is -3.98. The van der Waals surface area contributed by atoms with Crippen molar-refractivity contribution in [1.29, 1.82) is 0 Å². The largest absolute Gasteiger partial charge is 0.505 e. The number of aryl methyl sites for hydroxylation is 3. The van der Waals surface area contributed by atoms with Gasteiger partial charge in [-0.2, -0.15) is 0 Å². The molecule has 0 saturated heterocycles. The van der Waals surface area contributed by atoms with Crippen LogP contribution in [0.3, 0.4) is 0 Å². The molecule has 9 nitrogen and oxygen atoms in total. The number of carbonyl (C=O) groups is 2. The summed E-state index contributed by atoms with van der Waals surface area (Å²) in [5.74, 6) is -0.945. The van der Waals surface area contributed by atoms with Crippen molar-refractivity contribution in [2.45, 2.75) is 52.6 Å². The van der Waals surface area contributed by atoms with Crippen LogP contribution < -0.4 is 20.9 Å². The number of aromatic nitrogens is 1. The molecule has 38 heavy (non-hydrogen) atoms. The van der Waals surface area contributed by atoms with Crippen LogP contribution in [-0.2, 0) is 17.8 Å². The summed E-state index contributed by atoms with van der Waals surface area (Å²) < 4.78 is 6.74. The molecule has 0 fully saturated rings. The fourth-order valence-electron chi connectivity index (χ4n) is 4.17. The van der Waals surface area contributed by atoms with E-state index >= 15 is 0 Å². The van der Waals surface area contributed by atoms with Gasteiger partial charge in [0, 0.05) is 22.3 Å². The molecular weight excluding hydrogens is 510 g/mol. The fourth-order valence-corrected chi connectivity index (χ4v) is 4.39. The third-order valence-electron chi connectivity index (χ3n) is 6.33. The minimum Gasteiger partial charge on any atom is -0.505 e. The average Bonchev–Trinajstić information content (AvgIpc) is 2.86. The number of pyridine rings is 1. The number of halogens is 1. The van der Waals surface area contributed by atoms with Gasteiger partial charge in [0.2, 0.25) is 0 Å². The van der Waals surface area contributed by atoms with Gasteiger partial charge in [-0.05, 0) is 49.1 Å². The smallest absolute Gasteiger partial charge is 0.319 e. The summed E-state index contributed by atoms with van der Waals surface area (Å²) in [5, 5.41) is 25.8. The third kappa shape index (κ3) is 6.66. The maximum Gasteiger partial charge on any atom is 0.319 e. The normalized spacial score (nSPS) is 11.6. The Bertz CT molecular complexity index is 1400. The van der Waals surface area contributed by atoms with Gasteiger partial charge < -0.3 is 30.2 Å². The second-order valence-corrected chi connectivity index (χ2v) is 9.48. The van der Waals surface area contributed by atoms with Crippen molar-refractivity contribution in [3.63, 3.8) is 0 Å². The van der Waals surface area contributed by atoms with E-state index in [-0.39, 0.29) is 24.4 Å². The molecule has 0 unspecified atom stereocenters. The zero-order chi connectivity index (χ0) is 28.0. The number of anilines is 1. The van der Waals surface area contributed by atoms with Crippen LogP contribution in [0.4, 0.5) is 10.5 Å². The predicted molar refractivity (Wildman–Crippen MR) is 147 cm³/mol. The molecular formula is C28H32ClN3O6. The molecule has 0 bridgehead atoms. The lowest BCUT2D eigenvalue weighted by Gasteiger charge is -2.20. The van der Waals surface area contributed by atoms with Crippen LogP contribution in [0.5, 0.6) is 11.5 Å². The standard InChI is InChI=1S/C28H32ClN3O6/c1-5-7-19-14-32(15-20-21(29)8-6-9-23(20)38-4)27(36)25(26(19)35)31-28(37)30-22(13-24(33)34)18-11-10-16(2)17(3)12-18/h6,8-12,14,22,35H,5,7,13,15H2,1-4H3,(H,33,34)(H2,30,31,37)/t22-/m0/s1. The van der Waals surface area contributed by atoms with E-state index in [9.17, 15) is 24.6 Å². The lowest BCUT2D eigenvalue weighted by molar-refractivity contribution is -0.137. The zero-order valence-electron chi connectivity index (χ0n) is 21.8. The number of ether oxygens (including phenoxy) is 1. The summed E-state index contributed by atoms with van der Waals surface area (Å²) in [5.41, 5.74) is 2.65. The van der Waals surface area contributed by atoms with E-state index in [0.29, 0.717) is 40.3 Å². The van der Waals surface area contributed by atoms with Crippen molar-refractivity contribution in [3.05, 3.63) is 85.8 Å². The molecule has 2 aromatic carbocycles. The van der Waals surface area contributed by atoms with Crippen molar-refractivity contribution in [3.8, 4) is 11.5 Å². The first-order chi connectivity index (χ1) is 18.0. The Morgan fingerprint density at radius 3 is 2.53 bits per heavy atom. The molecule has 3 rings (SSSR count). The molecule has 0 radical (unpaired) electrons. The lowest BCUT2D eigenvalue weighted by Crippen LogP contribution is -2.36. The monoisotopic (exact) mass is 541 g/mol. The Morgan fingerprint density at radius 2 is 1.89 bits per heavy atom. The van der Waals surface area contributed by atoms with Gasteiger partial charge in [-0.1, -0.05) is 49.2 Å². The highest BCUT2D eigenvalue weighted by Crippen LogP contribution is 2.30. The summed E-state index contributed by atoms with van der Waals surface area (Å²) >= 11 is 6.37. The second-order valence-electron chi connectivity index (χ2n) is 9.07. The first-order valence-electron chi connectivity index (χ1n) is 12.2. The fraction of sp³-hybridized carbons (Fsp3) is 0.321. The van der Waals surface area contributed by atoms with Crippen LogP contribution >= 0.6 is 11.6 Å². The molecule has 2 amide bonds. The predicted octanol–water partition coefficient (Wildman–Crippen LogP) is 5.17. The summed E-state index contributed by atoms with van der Waals surface area (Å²) in [7, 11) is 1.50. The molecule has 1 atom stereocenters. The average molecular weight is 542 g/mol. The Kier molecular flexibility index (Phi) is 9.41. The Morgan fingerprint density at radius 1 is 1.16 bits per heavy atom. The Labute approximate surface area is 226 Å². The van der Waals surface area contributed by atoms with E-state index in [1.165, 1.54) is 17.9 Å². The van der Waals surface area contributed by atoms with Crippen LogP contribution in [0.25, 0.3) is 0 Å². The number of urea groups is 1. The van der Waals surface area contributed by atoms with E-state index in [4.69, 9.17) is 16.3 Å². The number of hydrogen-bond acceptors (Lipinski definition) is 5. The second kappa shape index (κ2) is 12.5. The maximum absolute atomic E-state index is 13.4. The molecule has 4 N–H and O–H groups in total. The highest BCUT2D eigenvalue weighted by molar-refractivity contribution is 6.31.